The Morgan fingerprint density at radius 1 is 1.00 bits per heavy atom. The van der Waals surface area contributed by atoms with Crippen LogP contribution in [0, 0.1) is 12.7 Å². The number of nitrogens with one attached hydrogen (secondary N) is 1. The van der Waals surface area contributed by atoms with E-state index >= 15 is 0 Å². The van der Waals surface area contributed by atoms with Gasteiger partial charge < -0.3 is 5.11 Å². The number of thioether (sulfide) groups is 1. The molecule has 1 heterocycles. The summed E-state index contributed by atoms with van der Waals surface area (Å²) in [7, 11) is 0. The van der Waals surface area contributed by atoms with Crippen LogP contribution in [0.4, 0.5) is 17.6 Å². The van der Waals surface area contributed by atoms with Crippen LogP contribution >= 0.6 is 11.8 Å². The van der Waals surface area contributed by atoms with Crippen molar-refractivity contribution < 1.29 is 27.5 Å². The maximum absolute atomic E-state index is 14.2. The highest BCUT2D eigenvalue weighted by Gasteiger charge is 2.31. The van der Waals surface area contributed by atoms with Gasteiger partial charge in [0.25, 0.3) is 0 Å². The average molecular weight is 543 g/mol. The van der Waals surface area contributed by atoms with Crippen molar-refractivity contribution in [3.8, 4) is 0 Å². The number of hydrogen-bond donors (Lipinski definition) is 2. The number of alkyl halides is 3. The number of carbonyl (C=O) groups is 1. The summed E-state index contributed by atoms with van der Waals surface area (Å²) in [4.78, 5) is 11.8. The minimum absolute atomic E-state index is 0.0297. The molecule has 4 nitrogen and oxygen atoms in total. The summed E-state index contributed by atoms with van der Waals surface area (Å²) in [5.41, 5.74) is 3.89. The van der Waals surface area contributed by atoms with Crippen molar-refractivity contribution in [1.29, 1.82) is 0 Å². The van der Waals surface area contributed by atoms with Crippen LogP contribution in [0.2, 0.25) is 0 Å². The molecule has 0 saturated heterocycles. The molecule has 0 bridgehead atoms. The van der Waals surface area contributed by atoms with Crippen LogP contribution in [0.1, 0.15) is 50.7 Å². The summed E-state index contributed by atoms with van der Waals surface area (Å²) >= 11 is 1.47. The minimum Gasteiger partial charge on any atom is -0.481 e. The highest BCUT2D eigenvalue weighted by atomic mass is 32.2. The fourth-order valence-corrected chi connectivity index (χ4v) is 5.55. The zero-order valence-electron chi connectivity index (χ0n) is 20.6. The molecule has 1 aromatic heterocycles. The Morgan fingerprint density at radius 2 is 1.74 bits per heavy atom. The van der Waals surface area contributed by atoms with Crippen LogP contribution in [-0.2, 0) is 30.2 Å². The van der Waals surface area contributed by atoms with Gasteiger partial charge in [-0.15, -0.1) is 11.8 Å². The molecule has 4 rings (SSSR count). The highest BCUT2D eigenvalue weighted by Crippen LogP contribution is 2.43. The van der Waals surface area contributed by atoms with Gasteiger partial charge in [-0.1, -0.05) is 36.4 Å². The molecule has 9 heteroatoms. The first-order chi connectivity index (χ1) is 18.1. The van der Waals surface area contributed by atoms with Crippen LogP contribution in [0.25, 0.3) is 0 Å². The zero-order valence-corrected chi connectivity index (χ0v) is 21.4. The lowest BCUT2D eigenvalue weighted by molar-refractivity contribution is -0.138. The molecule has 2 N–H and O–H groups in total. The second-order valence-electron chi connectivity index (χ2n) is 8.98. The maximum atomic E-state index is 14.2. The first kappa shape index (κ1) is 27.4. The largest absolute Gasteiger partial charge is 0.481 e. The molecule has 3 aromatic carbocycles. The Bertz CT molecular complexity index is 1400. The van der Waals surface area contributed by atoms with Gasteiger partial charge in [-0.25, -0.2) is 4.39 Å². The van der Waals surface area contributed by atoms with E-state index in [2.05, 4.69) is 10.2 Å². The van der Waals surface area contributed by atoms with E-state index in [1.54, 1.807) is 24.4 Å². The van der Waals surface area contributed by atoms with Crippen molar-refractivity contribution in [1.82, 2.24) is 10.2 Å². The van der Waals surface area contributed by atoms with Crippen LogP contribution < -0.4 is 0 Å². The SMILES string of the molecule is Cc1cc(SC(c2ccc(C(F)(F)F)cc2)c2c[nH]nc2CCc2ccccc2F)ccc1CCC(=O)O. The van der Waals surface area contributed by atoms with Gasteiger partial charge in [0.2, 0.25) is 0 Å². The van der Waals surface area contributed by atoms with Crippen molar-refractivity contribution in [2.24, 2.45) is 0 Å². The summed E-state index contributed by atoms with van der Waals surface area (Å²) in [6.07, 6.45) is -1.39. The number of aliphatic carboxylic acids is 1. The molecule has 198 valence electrons. The van der Waals surface area contributed by atoms with E-state index in [1.165, 1.54) is 30.0 Å². The van der Waals surface area contributed by atoms with Gasteiger partial charge in [-0.05, 0) is 78.8 Å². The Balaban J connectivity index is 1.65. The standard InChI is InChI=1S/C29H26F4N2O2S/c1-18-16-23(13-8-19(18)10-15-27(36)37)38-28(21-6-11-22(12-7-21)29(31,32)33)24-17-34-35-26(24)14-9-20-4-2-3-5-25(20)30/h2-8,11-13,16-17,28H,9-10,14-15H2,1H3,(H,34,35)(H,36,37). The summed E-state index contributed by atoms with van der Waals surface area (Å²) < 4.78 is 53.8. The van der Waals surface area contributed by atoms with Gasteiger partial charge >= 0.3 is 12.1 Å². The molecule has 38 heavy (non-hydrogen) atoms. The molecule has 0 saturated carbocycles. The lowest BCUT2D eigenvalue weighted by Gasteiger charge is -2.19. The van der Waals surface area contributed by atoms with E-state index in [0.717, 1.165) is 33.7 Å². The zero-order chi connectivity index (χ0) is 27.3. The lowest BCUT2D eigenvalue weighted by atomic mass is 10.00. The number of aromatic nitrogens is 2. The van der Waals surface area contributed by atoms with Crippen molar-refractivity contribution in [2.45, 2.75) is 48.9 Å². The van der Waals surface area contributed by atoms with E-state index in [-0.39, 0.29) is 17.5 Å². The van der Waals surface area contributed by atoms with Gasteiger partial charge in [-0.2, -0.15) is 18.3 Å². The van der Waals surface area contributed by atoms with Crippen LogP contribution in [0.15, 0.2) is 77.8 Å². The van der Waals surface area contributed by atoms with Crippen LogP contribution in [-0.4, -0.2) is 21.3 Å². The number of aryl methyl sites for hydroxylation is 4. The Labute approximate surface area is 222 Å². The number of hydrogen-bond acceptors (Lipinski definition) is 3. The van der Waals surface area contributed by atoms with Crippen LogP contribution in [0.3, 0.4) is 0 Å². The molecule has 1 unspecified atom stereocenters. The van der Waals surface area contributed by atoms with Crippen molar-refractivity contribution in [3.63, 3.8) is 0 Å². The lowest BCUT2D eigenvalue weighted by Crippen LogP contribution is -2.06. The van der Waals surface area contributed by atoms with E-state index < -0.39 is 17.7 Å². The quantitative estimate of drug-likeness (QED) is 0.160. The Morgan fingerprint density at radius 3 is 2.39 bits per heavy atom. The topological polar surface area (TPSA) is 66.0 Å². The third kappa shape index (κ3) is 6.83. The van der Waals surface area contributed by atoms with Gasteiger partial charge in [-0.3, -0.25) is 9.89 Å². The molecular weight excluding hydrogens is 516 g/mol. The van der Waals surface area contributed by atoms with Crippen molar-refractivity contribution in [2.75, 3.05) is 0 Å². The molecule has 0 amide bonds. The van der Waals surface area contributed by atoms with E-state index in [4.69, 9.17) is 5.11 Å². The number of aromatic amines is 1. The van der Waals surface area contributed by atoms with E-state index in [9.17, 15) is 22.4 Å². The van der Waals surface area contributed by atoms with E-state index in [0.29, 0.717) is 36.1 Å². The molecule has 0 aliphatic heterocycles. The molecule has 0 spiro atoms. The van der Waals surface area contributed by atoms with Gasteiger partial charge in [0.1, 0.15) is 5.82 Å². The molecule has 1 atom stereocenters. The number of halogens is 4. The molecular formula is C29H26F4N2O2S. The summed E-state index contributed by atoms with van der Waals surface area (Å²) in [6.45, 7) is 1.91. The van der Waals surface area contributed by atoms with Gasteiger partial charge in [0.15, 0.2) is 0 Å². The Hall–Kier alpha value is -3.59. The first-order valence-electron chi connectivity index (χ1n) is 12.0. The number of benzene rings is 3. The van der Waals surface area contributed by atoms with Crippen molar-refractivity contribution >= 4 is 17.7 Å². The predicted molar refractivity (Wildman–Crippen MR) is 139 cm³/mol. The molecule has 4 aromatic rings. The van der Waals surface area contributed by atoms with E-state index in [1.807, 2.05) is 25.1 Å². The summed E-state index contributed by atoms with van der Waals surface area (Å²) in [6, 6.07) is 17.4. The number of carboxylic acids is 1. The first-order valence-corrected chi connectivity index (χ1v) is 12.9. The van der Waals surface area contributed by atoms with Gasteiger partial charge in [0, 0.05) is 23.1 Å². The molecule has 0 fully saturated rings. The normalized spacial score (nSPS) is 12.4. The van der Waals surface area contributed by atoms with Crippen molar-refractivity contribution in [3.05, 3.63) is 118 Å². The number of H-pyrrole nitrogens is 1. The summed E-state index contributed by atoms with van der Waals surface area (Å²) in [5, 5.41) is 15.9. The number of nitrogens with zero attached hydrogens (tertiary/aromatic N) is 1. The van der Waals surface area contributed by atoms with Crippen LogP contribution in [0.5, 0.6) is 0 Å². The highest BCUT2D eigenvalue weighted by molar-refractivity contribution is 7.99. The average Bonchev–Trinajstić information content (AvgIpc) is 3.34. The fraction of sp³-hybridized carbons (Fsp3) is 0.241. The third-order valence-corrected chi connectivity index (χ3v) is 7.63. The molecule has 0 aliphatic rings. The third-order valence-electron chi connectivity index (χ3n) is 6.34. The number of carboxylic acid groups (broad SMARTS) is 1. The number of rotatable bonds is 10. The second kappa shape index (κ2) is 11.9. The molecule has 0 aliphatic carbocycles. The minimum atomic E-state index is -4.44. The maximum Gasteiger partial charge on any atom is 0.416 e. The summed E-state index contributed by atoms with van der Waals surface area (Å²) in [5.74, 6) is -1.16. The second-order valence-corrected chi connectivity index (χ2v) is 10.2. The fourth-order valence-electron chi connectivity index (χ4n) is 4.27. The van der Waals surface area contributed by atoms with Gasteiger partial charge in [0.05, 0.1) is 16.5 Å². The monoisotopic (exact) mass is 542 g/mol. The Kier molecular flexibility index (Phi) is 8.56. The molecule has 0 radical (unpaired) electrons. The predicted octanol–water partition coefficient (Wildman–Crippen LogP) is 7.56. The smallest absolute Gasteiger partial charge is 0.416 e.